The Morgan fingerprint density at radius 2 is 1.70 bits per heavy atom. The second-order valence-electron chi connectivity index (χ2n) is 8.76. The lowest BCUT2D eigenvalue weighted by molar-refractivity contribution is 0.0885. The van der Waals surface area contributed by atoms with Crippen LogP contribution in [0.2, 0.25) is 0 Å². The lowest BCUT2D eigenvalue weighted by Crippen LogP contribution is -2.25. The minimum Gasteiger partial charge on any atom is -0.394 e. The van der Waals surface area contributed by atoms with E-state index in [0.717, 1.165) is 35.1 Å². The normalized spacial score (nSPS) is 14.0. The Bertz CT molecular complexity index is 1150. The van der Waals surface area contributed by atoms with E-state index in [1.165, 1.54) is 0 Å². The zero-order chi connectivity index (χ0) is 23.4. The number of aryl methyl sites for hydroxylation is 2. The van der Waals surface area contributed by atoms with Crippen molar-refractivity contribution in [3.8, 4) is 11.1 Å². The van der Waals surface area contributed by atoms with Gasteiger partial charge in [-0.1, -0.05) is 48.5 Å². The second-order valence-corrected chi connectivity index (χ2v) is 8.76. The van der Waals surface area contributed by atoms with E-state index in [9.17, 15) is 14.7 Å². The largest absolute Gasteiger partial charge is 0.394 e. The molecule has 0 aliphatic heterocycles. The summed E-state index contributed by atoms with van der Waals surface area (Å²) < 4.78 is 0. The third-order valence-electron chi connectivity index (χ3n) is 6.03. The topological polar surface area (TPSA) is 86.6 Å². The highest BCUT2D eigenvalue weighted by molar-refractivity contribution is 6.09. The summed E-state index contributed by atoms with van der Waals surface area (Å²) in [5, 5.41) is 21.5. The number of ketones is 1. The summed E-state index contributed by atoms with van der Waals surface area (Å²) >= 11 is 0. The zero-order valence-electron chi connectivity index (χ0n) is 18.8. The number of aliphatic hydroxyl groups excluding tert-OH is 2. The van der Waals surface area contributed by atoms with Crippen LogP contribution in [0.15, 0.2) is 66.7 Å². The molecular formula is C28H29NO4. The van der Waals surface area contributed by atoms with Crippen LogP contribution in [-0.4, -0.2) is 40.7 Å². The average Bonchev–Trinajstić information content (AvgIpc) is 3.66. The summed E-state index contributed by atoms with van der Waals surface area (Å²) in [6.45, 7) is 1.72. The van der Waals surface area contributed by atoms with Crippen LogP contribution in [0, 0.1) is 6.92 Å². The molecular weight excluding hydrogens is 414 g/mol. The van der Waals surface area contributed by atoms with Gasteiger partial charge in [-0.3, -0.25) is 9.59 Å². The van der Waals surface area contributed by atoms with Crippen molar-refractivity contribution in [2.24, 2.45) is 0 Å². The van der Waals surface area contributed by atoms with Crippen molar-refractivity contribution >= 4 is 11.7 Å². The van der Waals surface area contributed by atoms with Gasteiger partial charge >= 0.3 is 0 Å². The highest BCUT2D eigenvalue weighted by Gasteiger charge is 2.24. The minimum absolute atomic E-state index is 0.0267. The summed E-state index contributed by atoms with van der Waals surface area (Å²) in [7, 11) is 0. The van der Waals surface area contributed by atoms with Gasteiger partial charge in [-0.25, -0.2) is 0 Å². The Morgan fingerprint density at radius 1 is 0.970 bits per heavy atom. The molecule has 1 atom stereocenters. The maximum atomic E-state index is 13.0. The summed E-state index contributed by atoms with van der Waals surface area (Å²) in [4.78, 5) is 25.3. The van der Waals surface area contributed by atoms with Gasteiger partial charge in [0.05, 0.1) is 12.7 Å². The van der Waals surface area contributed by atoms with Crippen molar-refractivity contribution in [3.05, 3.63) is 94.5 Å². The van der Waals surface area contributed by atoms with Gasteiger partial charge in [-0.05, 0) is 73.1 Å². The van der Waals surface area contributed by atoms with Crippen molar-refractivity contribution in [1.82, 2.24) is 5.32 Å². The minimum atomic E-state index is -0.748. The quantitative estimate of drug-likeness (QED) is 0.435. The van der Waals surface area contributed by atoms with Crippen LogP contribution in [0.4, 0.5) is 0 Å². The van der Waals surface area contributed by atoms with Gasteiger partial charge in [0.1, 0.15) is 0 Å². The number of hydrogen-bond acceptors (Lipinski definition) is 4. The molecule has 0 spiro atoms. The number of amides is 1. The molecule has 0 bridgehead atoms. The van der Waals surface area contributed by atoms with E-state index >= 15 is 0 Å². The molecule has 1 saturated carbocycles. The molecule has 0 heterocycles. The Morgan fingerprint density at radius 3 is 2.36 bits per heavy atom. The predicted molar refractivity (Wildman–Crippen MR) is 128 cm³/mol. The van der Waals surface area contributed by atoms with Crippen molar-refractivity contribution < 1.29 is 19.8 Å². The van der Waals surface area contributed by atoms with Crippen molar-refractivity contribution in [3.63, 3.8) is 0 Å². The second kappa shape index (κ2) is 10.1. The first-order valence-electron chi connectivity index (χ1n) is 11.4. The number of benzene rings is 3. The number of aliphatic hydroxyl groups is 2. The summed E-state index contributed by atoms with van der Waals surface area (Å²) in [5.41, 5.74) is 5.85. The van der Waals surface area contributed by atoms with E-state index in [4.69, 9.17) is 5.11 Å². The van der Waals surface area contributed by atoms with Crippen LogP contribution < -0.4 is 5.32 Å². The standard InChI is InChI=1S/C28H29NO4/c1-18-15-23(28(33)29-24-11-12-24)10-14-26(18)20-6-8-21(9-7-20)27(32)22-4-2-3-19(16-22)5-13-25(31)17-30/h2-4,6-10,14-16,24-25,30-31H,5,11-13,17H2,1H3,(H,29,33). The fourth-order valence-electron chi connectivity index (χ4n) is 3.89. The molecule has 1 unspecified atom stereocenters. The third-order valence-corrected chi connectivity index (χ3v) is 6.03. The molecule has 0 saturated heterocycles. The SMILES string of the molecule is Cc1cc(C(=O)NC2CC2)ccc1-c1ccc(C(=O)c2cccc(CCC(O)CO)c2)cc1. The fraction of sp³-hybridized carbons (Fsp3) is 0.286. The molecule has 1 amide bonds. The highest BCUT2D eigenvalue weighted by atomic mass is 16.3. The highest BCUT2D eigenvalue weighted by Crippen LogP contribution is 2.26. The van der Waals surface area contributed by atoms with Crippen LogP contribution in [0.1, 0.15) is 56.7 Å². The Balaban J connectivity index is 1.47. The number of nitrogens with one attached hydrogen (secondary N) is 1. The predicted octanol–water partition coefficient (Wildman–Crippen LogP) is 4.07. The molecule has 170 valence electrons. The molecule has 5 heteroatoms. The van der Waals surface area contributed by atoms with Crippen LogP contribution in [0.3, 0.4) is 0 Å². The number of rotatable bonds is 9. The molecule has 33 heavy (non-hydrogen) atoms. The maximum Gasteiger partial charge on any atom is 0.251 e. The first-order chi connectivity index (χ1) is 15.9. The van der Waals surface area contributed by atoms with E-state index in [1.54, 1.807) is 6.07 Å². The lowest BCUT2D eigenvalue weighted by Gasteiger charge is -2.11. The maximum absolute atomic E-state index is 13.0. The molecule has 0 radical (unpaired) electrons. The summed E-state index contributed by atoms with van der Waals surface area (Å²) in [6.07, 6.45) is 2.41. The third kappa shape index (κ3) is 5.75. The average molecular weight is 444 g/mol. The molecule has 1 aliphatic carbocycles. The van der Waals surface area contributed by atoms with E-state index in [2.05, 4.69) is 5.32 Å². The zero-order valence-corrected chi connectivity index (χ0v) is 18.8. The molecule has 0 aromatic heterocycles. The Kier molecular flexibility index (Phi) is 7.02. The molecule has 4 rings (SSSR count). The van der Waals surface area contributed by atoms with Crippen LogP contribution in [0.5, 0.6) is 0 Å². The van der Waals surface area contributed by atoms with Gasteiger partial charge in [0.15, 0.2) is 5.78 Å². The number of hydrogen-bond donors (Lipinski definition) is 3. The number of carbonyl (C=O) groups excluding carboxylic acids is 2. The fourth-order valence-corrected chi connectivity index (χ4v) is 3.89. The molecule has 3 N–H and O–H groups in total. The van der Waals surface area contributed by atoms with E-state index in [0.29, 0.717) is 35.6 Å². The summed E-state index contributed by atoms with van der Waals surface area (Å²) in [6, 6.07) is 20.9. The summed E-state index contributed by atoms with van der Waals surface area (Å²) in [5.74, 6) is -0.0869. The van der Waals surface area contributed by atoms with Gasteiger partial charge in [-0.15, -0.1) is 0 Å². The van der Waals surface area contributed by atoms with Gasteiger partial charge in [-0.2, -0.15) is 0 Å². The Hall–Kier alpha value is -3.28. The van der Waals surface area contributed by atoms with E-state index in [-0.39, 0.29) is 18.3 Å². The van der Waals surface area contributed by atoms with Crippen molar-refractivity contribution in [2.75, 3.05) is 6.61 Å². The molecule has 1 fully saturated rings. The van der Waals surface area contributed by atoms with Gasteiger partial charge < -0.3 is 15.5 Å². The van der Waals surface area contributed by atoms with Crippen LogP contribution in [-0.2, 0) is 6.42 Å². The van der Waals surface area contributed by atoms with Crippen molar-refractivity contribution in [2.45, 2.75) is 44.8 Å². The van der Waals surface area contributed by atoms with Crippen LogP contribution >= 0.6 is 0 Å². The first-order valence-corrected chi connectivity index (χ1v) is 11.4. The first kappa shape index (κ1) is 22.9. The molecule has 5 nitrogen and oxygen atoms in total. The van der Waals surface area contributed by atoms with Gasteiger partial charge in [0, 0.05) is 22.7 Å². The molecule has 1 aliphatic rings. The van der Waals surface area contributed by atoms with Gasteiger partial charge in [0.2, 0.25) is 0 Å². The monoisotopic (exact) mass is 443 g/mol. The Labute approximate surface area is 194 Å². The van der Waals surface area contributed by atoms with E-state index < -0.39 is 6.10 Å². The lowest BCUT2D eigenvalue weighted by atomic mass is 9.95. The van der Waals surface area contributed by atoms with Crippen molar-refractivity contribution in [1.29, 1.82) is 0 Å². The van der Waals surface area contributed by atoms with E-state index in [1.807, 2.05) is 67.6 Å². The molecule has 3 aromatic carbocycles. The smallest absolute Gasteiger partial charge is 0.251 e. The van der Waals surface area contributed by atoms with Gasteiger partial charge in [0.25, 0.3) is 5.91 Å². The number of carbonyl (C=O) groups is 2. The molecule has 3 aromatic rings. The van der Waals surface area contributed by atoms with Crippen LogP contribution in [0.25, 0.3) is 11.1 Å².